The highest BCUT2D eigenvalue weighted by molar-refractivity contribution is 5.92. The molecule has 150 valence electrons. The molecular formula is C22H30N4O2. The van der Waals surface area contributed by atoms with Crippen LogP contribution in [-0.4, -0.2) is 42.4 Å². The summed E-state index contributed by atoms with van der Waals surface area (Å²) in [5.41, 5.74) is 1.74. The highest BCUT2D eigenvalue weighted by atomic mass is 16.5. The molecule has 1 atom stereocenters. The normalized spacial score (nSPS) is 21.4. The van der Waals surface area contributed by atoms with Crippen molar-refractivity contribution >= 4 is 5.91 Å². The van der Waals surface area contributed by atoms with E-state index in [1.54, 1.807) is 7.11 Å². The van der Waals surface area contributed by atoms with Gasteiger partial charge < -0.3 is 15.4 Å². The fraction of sp³-hybridized carbons (Fsp3) is 0.545. The van der Waals surface area contributed by atoms with Gasteiger partial charge >= 0.3 is 0 Å². The summed E-state index contributed by atoms with van der Waals surface area (Å²) in [4.78, 5) is 12.8. The van der Waals surface area contributed by atoms with Gasteiger partial charge in [0.05, 0.1) is 13.2 Å². The molecule has 6 nitrogen and oxygen atoms in total. The zero-order valence-corrected chi connectivity index (χ0v) is 16.6. The molecule has 0 spiro atoms. The number of nitrogens with one attached hydrogen (secondary N) is 2. The van der Waals surface area contributed by atoms with E-state index in [0.29, 0.717) is 18.3 Å². The van der Waals surface area contributed by atoms with Crippen LogP contribution in [0.5, 0.6) is 5.75 Å². The topological polar surface area (TPSA) is 68.2 Å². The third-order valence-corrected chi connectivity index (χ3v) is 6.32. The first-order chi connectivity index (χ1) is 13.7. The van der Waals surface area contributed by atoms with Gasteiger partial charge in [-0.2, -0.15) is 5.10 Å². The lowest BCUT2D eigenvalue weighted by Crippen LogP contribution is -2.39. The van der Waals surface area contributed by atoms with E-state index in [1.807, 2.05) is 29.1 Å². The number of ether oxygens (including phenoxy) is 1. The molecule has 28 heavy (non-hydrogen) atoms. The average molecular weight is 383 g/mol. The lowest BCUT2D eigenvalue weighted by Gasteiger charge is -2.30. The molecule has 2 heterocycles. The minimum Gasteiger partial charge on any atom is -0.497 e. The summed E-state index contributed by atoms with van der Waals surface area (Å²) >= 11 is 0. The Hall–Kier alpha value is -2.34. The first-order valence-corrected chi connectivity index (χ1v) is 10.4. The van der Waals surface area contributed by atoms with Gasteiger partial charge in [0.1, 0.15) is 11.4 Å². The van der Waals surface area contributed by atoms with Gasteiger partial charge in [0.2, 0.25) is 0 Å². The van der Waals surface area contributed by atoms with Crippen molar-refractivity contribution in [2.75, 3.05) is 26.7 Å². The molecule has 2 N–H and O–H groups in total. The fourth-order valence-corrected chi connectivity index (χ4v) is 4.63. The quantitative estimate of drug-likeness (QED) is 0.806. The Morgan fingerprint density at radius 1 is 1.32 bits per heavy atom. The van der Waals surface area contributed by atoms with E-state index >= 15 is 0 Å². The molecule has 1 amide bonds. The third kappa shape index (κ3) is 3.92. The molecule has 2 aromatic rings. The number of piperidine rings is 1. The van der Waals surface area contributed by atoms with Crippen molar-refractivity contribution in [3.63, 3.8) is 0 Å². The molecule has 1 aliphatic carbocycles. The first kappa shape index (κ1) is 19.0. The average Bonchev–Trinajstić information content (AvgIpc) is 3.43. The molecule has 1 aromatic carbocycles. The predicted molar refractivity (Wildman–Crippen MR) is 109 cm³/mol. The van der Waals surface area contributed by atoms with Crippen molar-refractivity contribution in [2.45, 2.75) is 50.0 Å². The van der Waals surface area contributed by atoms with Crippen molar-refractivity contribution in [2.24, 2.45) is 0 Å². The van der Waals surface area contributed by atoms with E-state index < -0.39 is 0 Å². The molecule has 4 rings (SSSR count). The molecule has 1 saturated carbocycles. The van der Waals surface area contributed by atoms with Crippen LogP contribution in [0.1, 0.15) is 60.6 Å². The van der Waals surface area contributed by atoms with Gasteiger partial charge in [0.25, 0.3) is 5.91 Å². The van der Waals surface area contributed by atoms with E-state index in [2.05, 4.69) is 27.9 Å². The highest BCUT2D eigenvalue weighted by Crippen LogP contribution is 2.41. The van der Waals surface area contributed by atoms with Gasteiger partial charge in [-0.1, -0.05) is 25.0 Å². The monoisotopic (exact) mass is 382 g/mol. The molecule has 0 bridgehead atoms. The predicted octanol–water partition coefficient (Wildman–Crippen LogP) is 3.06. The number of hydrogen-bond donors (Lipinski definition) is 2. The summed E-state index contributed by atoms with van der Waals surface area (Å²) in [5.74, 6) is 0.784. The van der Waals surface area contributed by atoms with Crippen LogP contribution in [0.15, 0.2) is 36.5 Å². The largest absolute Gasteiger partial charge is 0.497 e. The van der Waals surface area contributed by atoms with Gasteiger partial charge in [0, 0.05) is 24.7 Å². The SMILES string of the molecule is COc1cccc(C2(CNC(=O)c3ccn(C4CCCNC4)n3)CCCC2)c1. The van der Waals surface area contributed by atoms with Gasteiger partial charge in [-0.15, -0.1) is 0 Å². The minimum atomic E-state index is -0.0864. The van der Waals surface area contributed by atoms with Crippen molar-refractivity contribution in [3.05, 3.63) is 47.8 Å². The van der Waals surface area contributed by atoms with Crippen LogP contribution in [-0.2, 0) is 5.41 Å². The summed E-state index contributed by atoms with van der Waals surface area (Å²) in [6.07, 6.45) is 8.74. The van der Waals surface area contributed by atoms with Gasteiger partial charge in [-0.3, -0.25) is 9.48 Å². The maximum absolute atomic E-state index is 12.8. The van der Waals surface area contributed by atoms with Gasteiger partial charge in [0.15, 0.2) is 0 Å². The Bertz CT molecular complexity index is 804. The zero-order chi connectivity index (χ0) is 19.4. The smallest absolute Gasteiger partial charge is 0.271 e. The van der Waals surface area contributed by atoms with Crippen molar-refractivity contribution in [1.29, 1.82) is 0 Å². The number of carbonyl (C=O) groups excluding carboxylic acids is 1. The lowest BCUT2D eigenvalue weighted by atomic mass is 9.78. The van der Waals surface area contributed by atoms with Crippen LogP contribution >= 0.6 is 0 Å². The Kier molecular flexibility index (Phi) is 5.67. The number of nitrogens with zero attached hydrogens (tertiary/aromatic N) is 2. The molecule has 1 saturated heterocycles. The first-order valence-electron chi connectivity index (χ1n) is 10.4. The van der Waals surface area contributed by atoms with Crippen LogP contribution in [0, 0.1) is 0 Å². The van der Waals surface area contributed by atoms with Crippen molar-refractivity contribution in [1.82, 2.24) is 20.4 Å². The van der Waals surface area contributed by atoms with Gasteiger partial charge in [-0.05, 0) is 56.0 Å². The summed E-state index contributed by atoms with van der Waals surface area (Å²) in [6, 6.07) is 10.4. The van der Waals surface area contributed by atoms with Crippen LogP contribution in [0.25, 0.3) is 0 Å². The highest BCUT2D eigenvalue weighted by Gasteiger charge is 2.36. The number of rotatable bonds is 6. The van der Waals surface area contributed by atoms with E-state index in [0.717, 1.165) is 44.5 Å². The molecule has 1 unspecified atom stereocenters. The molecule has 1 aliphatic heterocycles. The standard InChI is InChI=1S/C22H30N4O2/c1-28-19-8-4-6-17(14-19)22(10-2-3-11-22)16-24-21(27)20-9-13-26(25-20)18-7-5-12-23-15-18/h4,6,8-9,13-14,18,23H,2-3,5,7,10-12,15-16H2,1H3,(H,24,27). The summed E-state index contributed by atoms with van der Waals surface area (Å²) in [6.45, 7) is 2.62. The van der Waals surface area contributed by atoms with E-state index in [-0.39, 0.29) is 11.3 Å². The number of aromatic nitrogens is 2. The number of amides is 1. The second kappa shape index (κ2) is 8.35. The Morgan fingerprint density at radius 2 is 2.18 bits per heavy atom. The van der Waals surface area contributed by atoms with E-state index in [4.69, 9.17) is 4.74 Å². The Balaban J connectivity index is 1.44. The van der Waals surface area contributed by atoms with E-state index in [1.165, 1.54) is 18.4 Å². The maximum Gasteiger partial charge on any atom is 0.271 e. The van der Waals surface area contributed by atoms with Crippen LogP contribution in [0.3, 0.4) is 0 Å². The second-order valence-electron chi connectivity index (χ2n) is 8.08. The van der Waals surface area contributed by atoms with Crippen LogP contribution in [0.2, 0.25) is 0 Å². The molecule has 2 aliphatic rings. The molecule has 1 aromatic heterocycles. The minimum absolute atomic E-state index is 0.0138. The summed E-state index contributed by atoms with van der Waals surface area (Å²) in [5, 5.41) is 11.1. The number of hydrogen-bond acceptors (Lipinski definition) is 4. The summed E-state index contributed by atoms with van der Waals surface area (Å²) in [7, 11) is 1.69. The lowest BCUT2D eigenvalue weighted by molar-refractivity contribution is 0.0936. The number of carbonyl (C=O) groups is 1. The van der Waals surface area contributed by atoms with Crippen LogP contribution < -0.4 is 15.4 Å². The molecule has 0 radical (unpaired) electrons. The molecule has 6 heteroatoms. The van der Waals surface area contributed by atoms with E-state index in [9.17, 15) is 4.79 Å². The molecule has 2 fully saturated rings. The van der Waals surface area contributed by atoms with Crippen LogP contribution in [0.4, 0.5) is 0 Å². The third-order valence-electron chi connectivity index (χ3n) is 6.32. The number of methoxy groups -OCH3 is 1. The Morgan fingerprint density at radius 3 is 2.93 bits per heavy atom. The van der Waals surface area contributed by atoms with Crippen molar-refractivity contribution < 1.29 is 9.53 Å². The molecular weight excluding hydrogens is 352 g/mol. The maximum atomic E-state index is 12.8. The second-order valence-corrected chi connectivity index (χ2v) is 8.08. The fourth-order valence-electron chi connectivity index (χ4n) is 4.63. The van der Waals surface area contributed by atoms with Crippen molar-refractivity contribution in [3.8, 4) is 5.75 Å². The zero-order valence-electron chi connectivity index (χ0n) is 16.6. The summed E-state index contributed by atoms with van der Waals surface area (Å²) < 4.78 is 7.35. The van der Waals surface area contributed by atoms with Gasteiger partial charge in [-0.25, -0.2) is 0 Å². The Labute approximate surface area is 166 Å². The number of benzene rings is 1.